The second-order valence-corrected chi connectivity index (χ2v) is 6.20. The summed E-state index contributed by atoms with van der Waals surface area (Å²) in [6.45, 7) is 0. The maximum absolute atomic E-state index is 6.25. The van der Waals surface area contributed by atoms with Gasteiger partial charge in [0.15, 0.2) is 5.82 Å². The molecule has 1 aliphatic carbocycles. The molecule has 2 unspecified atom stereocenters. The van der Waals surface area contributed by atoms with Crippen LogP contribution in [-0.2, 0) is 6.42 Å². The van der Waals surface area contributed by atoms with Gasteiger partial charge in [0.1, 0.15) is 0 Å². The van der Waals surface area contributed by atoms with Crippen LogP contribution in [0.3, 0.4) is 0 Å². The van der Waals surface area contributed by atoms with Crippen molar-refractivity contribution in [1.82, 2.24) is 10.1 Å². The van der Waals surface area contributed by atoms with E-state index < -0.39 is 0 Å². The van der Waals surface area contributed by atoms with Gasteiger partial charge in [0.2, 0.25) is 5.89 Å². The molecule has 1 saturated carbocycles. The Morgan fingerprint density at radius 2 is 2.10 bits per heavy atom. The third-order valence-electron chi connectivity index (χ3n) is 4.12. The summed E-state index contributed by atoms with van der Waals surface area (Å²) in [4.78, 5) is 4.55. The fourth-order valence-electron chi connectivity index (χ4n) is 2.96. The lowest BCUT2D eigenvalue weighted by molar-refractivity contribution is 0.323. The zero-order valence-electron chi connectivity index (χ0n) is 12.0. The van der Waals surface area contributed by atoms with Crippen molar-refractivity contribution >= 4 is 11.6 Å². The van der Waals surface area contributed by atoms with Gasteiger partial charge in [-0.05, 0) is 30.5 Å². The number of hydrogen-bond donors (Lipinski definition) is 1. The average molecular weight is 306 g/mol. The summed E-state index contributed by atoms with van der Waals surface area (Å²) < 4.78 is 5.46. The zero-order chi connectivity index (χ0) is 14.7. The van der Waals surface area contributed by atoms with Gasteiger partial charge in [-0.1, -0.05) is 48.2 Å². The Balaban J connectivity index is 1.73. The van der Waals surface area contributed by atoms with E-state index >= 15 is 0 Å². The predicted molar refractivity (Wildman–Crippen MR) is 82.4 cm³/mol. The highest BCUT2D eigenvalue weighted by Crippen LogP contribution is 2.30. The normalized spacial score (nSPS) is 23.0. The van der Waals surface area contributed by atoms with Crippen molar-refractivity contribution in [3.63, 3.8) is 0 Å². The molecule has 1 aromatic carbocycles. The minimum atomic E-state index is 0.131. The molecule has 0 saturated heterocycles. The molecule has 0 spiro atoms. The Kier molecular flexibility index (Phi) is 4.56. The number of aromatic nitrogens is 2. The Morgan fingerprint density at radius 3 is 2.95 bits per heavy atom. The first-order valence-electron chi connectivity index (χ1n) is 7.55. The fourth-order valence-corrected chi connectivity index (χ4v) is 3.18. The molecule has 5 heteroatoms. The molecule has 4 nitrogen and oxygen atoms in total. The predicted octanol–water partition coefficient (Wildman–Crippen LogP) is 3.69. The van der Waals surface area contributed by atoms with E-state index in [9.17, 15) is 0 Å². The minimum Gasteiger partial charge on any atom is -0.339 e. The largest absolute Gasteiger partial charge is 0.339 e. The van der Waals surface area contributed by atoms with Gasteiger partial charge in [0.05, 0.1) is 5.92 Å². The number of benzene rings is 1. The Hall–Kier alpha value is -1.39. The lowest BCUT2D eigenvalue weighted by atomic mass is 9.95. The summed E-state index contributed by atoms with van der Waals surface area (Å²) in [5.41, 5.74) is 7.33. The van der Waals surface area contributed by atoms with Crippen LogP contribution >= 0.6 is 11.6 Å². The van der Waals surface area contributed by atoms with Crippen LogP contribution in [0.25, 0.3) is 0 Å². The molecule has 0 bridgehead atoms. The standard InChI is InChI=1S/C16H20ClN3O/c17-12-6-4-5-11(9-12)10-15-19-16(21-20-15)13-7-2-1-3-8-14(13)18/h4-6,9,13-14H,1-3,7-8,10,18H2. The van der Waals surface area contributed by atoms with Crippen LogP contribution in [0, 0.1) is 0 Å². The third-order valence-corrected chi connectivity index (χ3v) is 4.36. The van der Waals surface area contributed by atoms with Gasteiger partial charge in [-0.25, -0.2) is 0 Å². The van der Waals surface area contributed by atoms with E-state index in [4.69, 9.17) is 21.9 Å². The molecule has 3 rings (SSSR count). The van der Waals surface area contributed by atoms with Crippen molar-refractivity contribution < 1.29 is 4.52 Å². The van der Waals surface area contributed by atoms with Gasteiger partial charge in [-0.2, -0.15) is 4.98 Å². The van der Waals surface area contributed by atoms with Gasteiger partial charge in [0.25, 0.3) is 0 Å². The van der Waals surface area contributed by atoms with Gasteiger partial charge in [-0.3, -0.25) is 0 Å². The van der Waals surface area contributed by atoms with Crippen molar-refractivity contribution in [3.8, 4) is 0 Å². The van der Waals surface area contributed by atoms with Crippen molar-refractivity contribution in [2.75, 3.05) is 0 Å². The van der Waals surface area contributed by atoms with E-state index in [1.54, 1.807) is 0 Å². The quantitative estimate of drug-likeness (QED) is 0.878. The highest BCUT2D eigenvalue weighted by Gasteiger charge is 2.27. The number of nitrogens with two attached hydrogens (primary N) is 1. The molecule has 1 aliphatic rings. The number of nitrogens with zero attached hydrogens (tertiary/aromatic N) is 2. The molecule has 1 heterocycles. The van der Waals surface area contributed by atoms with E-state index in [0.29, 0.717) is 18.1 Å². The van der Waals surface area contributed by atoms with Gasteiger partial charge >= 0.3 is 0 Å². The third kappa shape index (κ3) is 3.63. The van der Waals surface area contributed by atoms with Crippen molar-refractivity contribution in [3.05, 3.63) is 46.6 Å². The van der Waals surface area contributed by atoms with Crippen LogP contribution in [0.2, 0.25) is 5.02 Å². The Morgan fingerprint density at radius 1 is 1.24 bits per heavy atom. The summed E-state index contributed by atoms with van der Waals surface area (Å²) in [5.74, 6) is 1.60. The molecule has 0 amide bonds. The summed E-state index contributed by atoms with van der Waals surface area (Å²) >= 11 is 5.99. The molecule has 112 valence electrons. The van der Waals surface area contributed by atoms with Crippen LogP contribution in [0.1, 0.15) is 55.3 Å². The number of hydrogen-bond acceptors (Lipinski definition) is 4. The number of rotatable bonds is 3. The molecule has 0 radical (unpaired) electrons. The van der Waals surface area contributed by atoms with Crippen molar-refractivity contribution in [1.29, 1.82) is 0 Å². The molecular formula is C16H20ClN3O. The summed E-state index contributed by atoms with van der Waals surface area (Å²) in [6.07, 6.45) is 6.34. The lowest BCUT2D eigenvalue weighted by Gasteiger charge is -2.16. The molecule has 21 heavy (non-hydrogen) atoms. The highest BCUT2D eigenvalue weighted by atomic mass is 35.5. The van der Waals surface area contributed by atoms with E-state index in [0.717, 1.165) is 23.4 Å². The van der Waals surface area contributed by atoms with Crippen LogP contribution < -0.4 is 5.73 Å². The average Bonchev–Trinajstić information content (AvgIpc) is 2.80. The second kappa shape index (κ2) is 6.58. The molecular weight excluding hydrogens is 286 g/mol. The minimum absolute atomic E-state index is 0.131. The first kappa shape index (κ1) is 14.5. The molecule has 1 aromatic heterocycles. The maximum atomic E-state index is 6.25. The Labute approximate surface area is 129 Å². The lowest BCUT2D eigenvalue weighted by Crippen LogP contribution is -2.27. The first-order valence-corrected chi connectivity index (χ1v) is 7.92. The molecule has 2 N–H and O–H groups in total. The molecule has 2 atom stereocenters. The SMILES string of the molecule is NC1CCCCCC1c1nc(Cc2cccc(Cl)c2)no1. The molecule has 0 aliphatic heterocycles. The molecule has 1 fully saturated rings. The van der Waals surface area contributed by atoms with E-state index in [1.165, 1.54) is 19.3 Å². The van der Waals surface area contributed by atoms with Crippen LogP contribution in [0.5, 0.6) is 0 Å². The first-order chi connectivity index (χ1) is 10.2. The summed E-state index contributed by atoms with van der Waals surface area (Å²) in [6, 6.07) is 7.86. The van der Waals surface area contributed by atoms with Crippen LogP contribution in [0.15, 0.2) is 28.8 Å². The number of halogens is 1. The summed E-state index contributed by atoms with van der Waals surface area (Å²) in [7, 11) is 0. The zero-order valence-corrected chi connectivity index (χ0v) is 12.7. The topological polar surface area (TPSA) is 64.9 Å². The van der Waals surface area contributed by atoms with Gasteiger partial charge in [-0.15, -0.1) is 0 Å². The fraction of sp³-hybridized carbons (Fsp3) is 0.500. The Bertz CT molecular complexity index is 599. The van der Waals surface area contributed by atoms with Crippen LogP contribution in [-0.4, -0.2) is 16.2 Å². The maximum Gasteiger partial charge on any atom is 0.231 e. The summed E-state index contributed by atoms with van der Waals surface area (Å²) in [5, 5.41) is 4.82. The smallest absolute Gasteiger partial charge is 0.231 e. The van der Waals surface area contributed by atoms with E-state index in [1.807, 2.05) is 24.3 Å². The second-order valence-electron chi connectivity index (χ2n) is 5.76. The van der Waals surface area contributed by atoms with Gasteiger partial charge < -0.3 is 10.3 Å². The highest BCUT2D eigenvalue weighted by molar-refractivity contribution is 6.30. The van der Waals surface area contributed by atoms with Gasteiger partial charge in [0, 0.05) is 17.5 Å². The van der Waals surface area contributed by atoms with Crippen LogP contribution in [0.4, 0.5) is 0 Å². The van der Waals surface area contributed by atoms with Crippen molar-refractivity contribution in [2.45, 2.75) is 50.5 Å². The van der Waals surface area contributed by atoms with E-state index in [2.05, 4.69) is 10.1 Å². The molecule has 2 aromatic rings. The van der Waals surface area contributed by atoms with Crippen molar-refractivity contribution in [2.24, 2.45) is 5.73 Å². The monoisotopic (exact) mass is 305 g/mol. The van der Waals surface area contributed by atoms with E-state index in [-0.39, 0.29) is 12.0 Å².